The van der Waals surface area contributed by atoms with Crippen molar-refractivity contribution in [3.8, 4) is 0 Å². The van der Waals surface area contributed by atoms with E-state index in [0.29, 0.717) is 0 Å². The van der Waals surface area contributed by atoms with E-state index in [4.69, 9.17) is 10.2 Å². The van der Waals surface area contributed by atoms with Gasteiger partial charge >= 0.3 is 0 Å². The Balaban J connectivity index is 2.92. The van der Waals surface area contributed by atoms with E-state index in [2.05, 4.69) is 10.5 Å². The minimum absolute atomic E-state index is 0.0640. The molecule has 0 unspecified atom stereocenters. The number of aliphatic hydroxyl groups excluding tert-OH is 4. The summed E-state index contributed by atoms with van der Waals surface area (Å²) in [5.74, 6) is 0. The first-order valence-corrected chi connectivity index (χ1v) is 5.65. The van der Waals surface area contributed by atoms with Crippen LogP contribution in [0.4, 0.5) is 11.4 Å². The molecule has 20 heavy (non-hydrogen) atoms. The van der Waals surface area contributed by atoms with Crippen LogP contribution in [0.2, 0.25) is 0 Å². The van der Waals surface area contributed by atoms with Gasteiger partial charge in [0.15, 0.2) is 0 Å². The van der Waals surface area contributed by atoms with Crippen molar-refractivity contribution in [2.45, 2.75) is 12.2 Å². The quantitative estimate of drug-likeness (QED) is 0.247. The van der Waals surface area contributed by atoms with Gasteiger partial charge < -0.3 is 20.4 Å². The number of anilines is 1. The highest BCUT2D eigenvalue weighted by atomic mass is 16.6. The number of hydrogen-bond donors (Lipinski definition) is 5. The molecule has 0 heterocycles. The smallest absolute Gasteiger partial charge is 0.294 e. The predicted octanol–water partition coefficient (Wildman–Crippen LogP) is -0.931. The number of nitrogens with one attached hydrogen (secondary N) is 1. The summed E-state index contributed by atoms with van der Waals surface area (Å²) in [7, 11) is 0. The predicted molar refractivity (Wildman–Crippen MR) is 70.3 cm³/mol. The molecule has 0 aromatic heterocycles. The summed E-state index contributed by atoms with van der Waals surface area (Å²) >= 11 is 0. The van der Waals surface area contributed by atoms with Gasteiger partial charge in [-0.05, 0) is 6.07 Å². The molecule has 1 rings (SSSR count). The van der Waals surface area contributed by atoms with Crippen molar-refractivity contribution in [3.63, 3.8) is 0 Å². The van der Waals surface area contributed by atoms with Crippen molar-refractivity contribution < 1.29 is 25.3 Å². The third-order valence-corrected chi connectivity index (χ3v) is 2.48. The maximum atomic E-state index is 10.8. The number of rotatable bonds is 7. The molecule has 2 atom stereocenters. The number of hydrogen-bond acceptors (Lipinski definition) is 8. The van der Waals surface area contributed by atoms with Crippen molar-refractivity contribution >= 4 is 17.1 Å². The zero-order valence-corrected chi connectivity index (χ0v) is 10.4. The van der Waals surface area contributed by atoms with Crippen molar-refractivity contribution in [1.82, 2.24) is 0 Å². The molecule has 0 saturated carbocycles. The van der Waals surface area contributed by atoms with Gasteiger partial charge in [0.25, 0.3) is 5.69 Å². The Morgan fingerprint density at radius 3 is 2.55 bits per heavy atom. The average Bonchev–Trinajstić information content (AvgIpc) is 2.46. The number of aliphatic hydroxyl groups is 4. The van der Waals surface area contributed by atoms with E-state index in [1.807, 2.05) is 0 Å². The molecule has 5 N–H and O–H groups in total. The Kier molecular flexibility index (Phi) is 6.00. The second-order valence-corrected chi connectivity index (χ2v) is 3.84. The van der Waals surface area contributed by atoms with Gasteiger partial charge in [0.1, 0.15) is 17.9 Å². The lowest BCUT2D eigenvalue weighted by Crippen LogP contribution is -2.38. The van der Waals surface area contributed by atoms with Crippen LogP contribution in [0.25, 0.3) is 0 Å². The zero-order chi connectivity index (χ0) is 15.1. The zero-order valence-electron chi connectivity index (χ0n) is 10.4. The SMILES string of the molecule is O=[N+]([O-])c1ccccc1NN=C(CO)[C@H](O)[C@H](O)CO. The Morgan fingerprint density at radius 2 is 2.00 bits per heavy atom. The molecular formula is C11H15N3O6. The Hall–Kier alpha value is -2.07. The maximum Gasteiger partial charge on any atom is 0.294 e. The number of hydrazone groups is 1. The van der Waals surface area contributed by atoms with E-state index in [9.17, 15) is 20.3 Å². The number of nitro groups is 1. The van der Waals surface area contributed by atoms with Gasteiger partial charge in [0, 0.05) is 6.07 Å². The molecule has 1 aromatic rings. The molecule has 0 aliphatic carbocycles. The standard InChI is InChI=1S/C11H15N3O6/c15-5-8(11(18)10(17)6-16)13-12-7-3-1-2-4-9(7)14(19)20/h1-4,10-12,15-18H,5-6H2/t10-,11+/m1/s1. The molecule has 0 spiro atoms. The van der Waals surface area contributed by atoms with Crippen molar-refractivity contribution in [2.24, 2.45) is 5.10 Å². The lowest BCUT2D eigenvalue weighted by molar-refractivity contribution is -0.384. The third-order valence-electron chi connectivity index (χ3n) is 2.48. The van der Waals surface area contributed by atoms with E-state index < -0.39 is 30.3 Å². The fourth-order valence-corrected chi connectivity index (χ4v) is 1.38. The fourth-order valence-electron chi connectivity index (χ4n) is 1.38. The van der Waals surface area contributed by atoms with Crippen molar-refractivity contribution in [2.75, 3.05) is 18.6 Å². The Labute approximate surface area is 114 Å². The molecule has 0 aliphatic rings. The highest BCUT2D eigenvalue weighted by Gasteiger charge is 2.21. The maximum absolute atomic E-state index is 10.8. The second-order valence-electron chi connectivity index (χ2n) is 3.84. The highest BCUT2D eigenvalue weighted by molar-refractivity contribution is 5.90. The van der Waals surface area contributed by atoms with Gasteiger partial charge in [-0.3, -0.25) is 15.5 Å². The Morgan fingerprint density at radius 1 is 1.35 bits per heavy atom. The average molecular weight is 285 g/mol. The molecule has 0 amide bonds. The number of benzene rings is 1. The van der Waals surface area contributed by atoms with Gasteiger partial charge in [0.05, 0.1) is 23.8 Å². The van der Waals surface area contributed by atoms with Crippen LogP contribution in [0.5, 0.6) is 0 Å². The molecule has 0 bridgehead atoms. The molecule has 0 saturated heterocycles. The van der Waals surface area contributed by atoms with Crippen LogP contribution >= 0.6 is 0 Å². The van der Waals surface area contributed by atoms with Crippen LogP contribution in [0.3, 0.4) is 0 Å². The van der Waals surface area contributed by atoms with Gasteiger partial charge in [-0.25, -0.2) is 0 Å². The topological polar surface area (TPSA) is 148 Å². The van der Waals surface area contributed by atoms with Crippen LogP contribution in [0.1, 0.15) is 0 Å². The van der Waals surface area contributed by atoms with E-state index in [1.54, 1.807) is 6.07 Å². The largest absolute Gasteiger partial charge is 0.394 e. The van der Waals surface area contributed by atoms with E-state index in [0.717, 1.165) is 0 Å². The molecule has 1 aromatic carbocycles. The first-order chi connectivity index (χ1) is 9.51. The molecular weight excluding hydrogens is 270 g/mol. The summed E-state index contributed by atoms with van der Waals surface area (Å²) in [5, 5.41) is 50.9. The minimum atomic E-state index is -1.58. The van der Waals surface area contributed by atoms with Crippen LogP contribution in [0, 0.1) is 10.1 Å². The second kappa shape index (κ2) is 7.50. The van der Waals surface area contributed by atoms with Gasteiger partial charge in [0.2, 0.25) is 0 Å². The summed E-state index contributed by atoms with van der Waals surface area (Å²) < 4.78 is 0. The van der Waals surface area contributed by atoms with E-state index in [1.165, 1.54) is 18.2 Å². The molecule has 0 aliphatic heterocycles. The highest BCUT2D eigenvalue weighted by Crippen LogP contribution is 2.23. The van der Waals surface area contributed by atoms with Crippen molar-refractivity contribution in [3.05, 3.63) is 34.4 Å². The monoisotopic (exact) mass is 285 g/mol. The number of para-hydroxylation sites is 2. The first-order valence-electron chi connectivity index (χ1n) is 5.65. The number of nitrogens with zero attached hydrogens (tertiary/aromatic N) is 2. The summed E-state index contributed by atoms with van der Waals surface area (Å²) in [5.41, 5.74) is 1.91. The molecule has 0 radical (unpaired) electrons. The fraction of sp³-hybridized carbons (Fsp3) is 0.364. The molecule has 0 fully saturated rings. The van der Waals surface area contributed by atoms with Gasteiger partial charge in [-0.1, -0.05) is 12.1 Å². The van der Waals surface area contributed by atoms with Crippen LogP contribution in [0.15, 0.2) is 29.4 Å². The lowest BCUT2D eigenvalue weighted by Gasteiger charge is -2.16. The van der Waals surface area contributed by atoms with E-state index >= 15 is 0 Å². The molecule has 9 heteroatoms. The summed E-state index contributed by atoms with van der Waals surface area (Å²) in [6, 6.07) is 5.67. The lowest BCUT2D eigenvalue weighted by atomic mass is 10.1. The van der Waals surface area contributed by atoms with E-state index in [-0.39, 0.29) is 17.1 Å². The van der Waals surface area contributed by atoms with Crippen LogP contribution < -0.4 is 5.43 Å². The van der Waals surface area contributed by atoms with Gasteiger partial charge in [-0.15, -0.1) is 0 Å². The Bertz CT molecular complexity index is 493. The van der Waals surface area contributed by atoms with Gasteiger partial charge in [-0.2, -0.15) is 5.10 Å². The minimum Gasteiger partial charge on any atom is -0.394 e. The normalized spacial score (nSPS) is 14.7. The van der Waals surface area contributed by atoms with Crippen LogP contribution in [-0.2, 0) is 0 Å². The molecule has 9 nitrogen and oxygen atoms in total. The summed E-state index contributed by atoms with van der Waals surface area (Å²) in [6.45, 7) is -1.41. The first kappa shape index (κ1) is 16.0. The summed E-state index contributed by atoms with van der Waals surface area (Å²) in [6.07, 6.45) is -3.09. The molecule has 110 valence electrons. The van der Waals surface area contributed by atoms with Crippen LogP contribution in [-0.4, -0.2) is 56.5 Å². The van der Waals surface area contributed by atoms with Crippen molar-refractivity contribution in [1.29, 1.82) is 0 Å². The number of nitro benzene ring substituents is 1. The summed E-state index contributed by atoms with van der Waals surface area (Å²) in [4.78, 5) is 10.2. The third kappa shape index (κ3) is 3.96.